The molecule has 0 amide bonds. The molecule has 1 rings (SSSR count). The van der Waals surface area contributed by atoms with E-state index >= 15 is 0 Å². The highest BCUT2D eigenvalue weighted by molar-refractivity contribution is 6.25. The minimum absolute atomic E-state index is 0.695. The molecule has 1 nitrogen and oxygen atoms in total. The van der Waals surface area contributed by atoms with Crippen LogP contribution in [0.5, 0.6) is 0 Å². The third-order valence-electron chi connectivity index (χ3n) is 3.03. The van der Waals surface area contributed by atoms with Crippen molar-refractivity contribution in [2.45, 2.75) is 46.1 Å². The Balaban J connectivity index is 2.30. The van der Waals surface area contributed by atoms with Crippen molar-refractivity contribution >= 4 is 11.6 Å². The fourth-order valence-electron chi connectivity index (χ4n) is 2.46. The third kappa shape index (κ3) is 4.02. The SMILES string of the molecule is CC(=CCl)CNC1CC(C)CC(C)C1. The lowest BCUT2D eigenvalue weighted by molar-refractivity contribution is 0.242. The molecule has 0 spiro atoms. The van der Waals surface area contributed by atoms with Crippen molar-refractivity contribution in [3.05, 3.63) is 11.1 Å². The van der Waals surface area contributed by atoms with Gasteiger partial charge >= 0.3 is 0 Å². The molecule has 1 aliphatic carbocycles. The molecule has 2 heteroatoms. The van der Waals surface area contributed by atoms with Crippen LogP contribution in [0.2, 0.25) is 0 Å². The van der Waals surface area contributed by atoms with E-state index in [-0.39, 0.29) is 0 Å². The summed E-state index contributed by atoms with van der Waals surface area (Å²) in [6.07, 6.45) is 4.03. The lowest BCUT2D eigenvalue weighted by atomic mass is 9.80. The largest absolute Gasteiger partial charge is 0.310 e. The molecular weight excluding hydrogens is 194 g/mol. The number of hydrogen-bond donors (Lipinski definition) is 1. The molecule has 0 radical (unpaired) electrons. The standard InChI is InChI=1S/C12H22ClN/c1-9-4-10(2)6-12(5-9)14-8-11(3)7-13/h7,9-10,12,14H,4-6,8H2,1-3H3. The predicted octanol–water partition coefficient (Wildman–Crippen LogP) is 3.54. The summed E-state index contributed by atoms with van der Waals surface area (Å²) in [5.41, 5.74) is 2.89. The zero-order valence-corrected chi connectivity index (χ0v) is 10.3. The van der Waals surface area contributed by atoms with E-state index in [1.807, 2.05) is 0 Å². The molecule has 1 aliphatic rings. The summed E-state index contributed by atoms with van der Waals surface area (Å²) in [4.78, 5) is 0. The maximum Gasteiger partial charge on any atom is 0.0176 e. The summed E-state index contributed by atoms with van der Waals surface area (Å²) < 4.78 is 0. The number of nitrogens with one attached hydrogen (secondary N) is 1. The van der Waals surface area contributed by atoms with Crippen molar-refractivity contribution in [3.8, 4) is 0 Å². The topological polar surface area (TPSA) is 12.0 Å². The van der Waals surface area contributed by atoms with Crippen molar-refractivity contribution in [1.29, 1.82) is 0 Å². The Kier molecular flexibility index (Phi) is 4.97. The lowest BCUT2D eigenvalue weighted by Gasteiger charge is -2.32. The monoisotopic (exact) mass is 215 g/mol. The zero-order valence-electron chi connectivity index (χ0n) is 9.52. The summed E-state index contributed by atoms with van der Waals surface area (Å²) in [5, 5.41) is 3.58. The first-order valence-electron chi connectivity index (χ1n) is 5.61. The van der Waals surface area contributed by atoms with Crippen LogP contribution in [0.4, 0.5) is 0 Å². The highest BCUT2D eigenvalue weighted by Crippen LogP contribution is 2.28. The predicted molar refractivity (Wildman–Crippen MR) is 63.6 cm³/mol. The van der Waals surface area contributed by atoms with Crippen LogP contribution in [0.25, 0.3) is 0 Å². The van der Waals surface area contributed by atoms with Gasteiger partial charge in [-0.25, -0.2) is 0 Å². The van der Waals surface area contributed by atoms with Gasteiger partial charge in [-0.3, -0.25) is 0 Å². The number of halogens is 1. The van der Waals surface area contributed by atoms with Gasteiger partial charge in [-0.1, -0.05) is 25.4 Å². The third-order valence-corrected chi connectivity index (χ3v) is 3.41. The fraction of sp³-hybridized carbons (Fsp3) is 0.833. The van der Waals surface area contributed by atoms with E-state index in [4.69, 9.17) is 11.6 Å². The van der Waals surface area contributed by atoms with E-state index in [1.54, 1.807) is 5.54 Å². The first kappa shape index (κ1) is 12.1. The van der Waals surface area contributed by atoms with Crippen LogP contribution in [0.15, 0.2) is 11.1 Å². The van der Waals surface area contributed by atoms with Crippen LogP contribution in [0, 0.1) is 11.8 Å². The molecule has 14 heavy (non-hydrogen) atoms. The summed E-state index contributed by atoms with van der Waals surface area (Å²) in [6, 6.07) is 0.695. The van der Waals surface area contributed by atoms with Crippen LogP contribution < -0.4 is 5.32 Å². The molecule has 0 heterocycles. The first-order chi connectivity index (χ1) is 6.61. The summed E-state index contributed by atoms with van der Waals surface area (Å²) in [6.45, 7) is 7.71. The van der Waals surface area contributed by atoms with E-state index in [9.17, 15) is 0 Å². The van der Waals surface area contributed by atoms with E-state index in [2.05, 4.69) is 26.1 Å². The smallest absolute Gasteiger partial charge is 0.0176 e. The summed E-state index contributed by atoms with van der Waals surface area (Å²) >= 11 is 5.62. The van der Waals surface area contributed by atoms with Gasteiger partial charge in [-0.15, -0.1) is 0 Å². The van der Waals surface area contributed by atoms with Gasteiger partial charge in [0, 0.05) is 18.1 Å². The van der Waals surface area contributed by atoms with Crippen LogP contribution in [0.1, 0.15) is 40.0 Å². The van der Waals surface area contributed by atoms with E-state index in [0.29, 0.717) is 6.04 Å². The molecule has 82 valence electrons. The molecule has 0 aromatic heterocycles. The lowest BCUT2D eigenvalue weighted by Crippen LogP contribution is -2.37. The van der Waals surface area contributed by atoms with Crippen molar-refractivity contribution in [2.24, 2.45) is 11.8 Å². The number of hydrogen-bond acceptors (Lipinski definition) is 1. The molecule has 0 aromatic rings. The Labute approximate surface area is 92.9 Å². The van der Waals surface area contributed by atoms with E-state index in [1.165, 1.54) is 24.8 Å². The van der Waals surface area contributed by atoms with Crippen molar-refractivity contribution in [3.63, 3.8) is 0 Å². The number of rotatable bonds is 3. The van der Waals surface area contributed by atoms with Gasteiger partial charge in [0.1, 0.15) is 0 Å². The Morgan fingerprint density at radius 1 is 1.29 bits per heavy atom. The normalized spacial score (nSPS) is 34.6. The quantitative estimate of drug-likeness (QED) is 0.760. The fourth-order valence-corrected chi connectivity index (χ4v) is 2.53. The van der Waals surface area contributed by atoms with Gasteiger partial charge in [0.15, 0.2) is 0 Å². The molecule has 0 aromatic carbocycles. The van der Waals surface area contributed by atoms with E-state index in [0.717, 1.165) is 18.4 Å². The second-order valence-electron chi connectivity index (χ2n) is 4.95. The highest BCUT2D eigenvalue weighted by atomic mass is 35.5. The maximum absolute atomic E-state index is 5.62. The van der Waals surface area contributed by atoms with Crippen LogP contribution in [0.3, 0.4) is 0 Å². The zero-order chi connectivity index (χ0) is 10.6. The molecule has 2 atom stereocenters. The maximum atomic E-state index is 5.62. The van der Waals surface area contributed by atoms with Crippen LogP contribution >= 0.6 is 11.6 Å². The average molecular weight is 216 g/mol. The molecule has 0 aliphatic heterocycles. The summed E-state index contributed by atoms with van der Waals surface area (Å²) in [7, 11) is 0. The Hall–Kier alpha value is -0.0100. The average Bonchev–Trinajstić information content (AvgIpc) is 2.12. The van der Waals surface area contributed by atoms with Crippen molar-refractivity contribution in [2.75, 3.05) is 6.54 Å². The van der Waals surface area contributed by atoms with Gasteiger partial charge in [0.05, 0.1) is 0 Å². The van der Waals surface area contributed by atoms with Crippen LogP contribution in [-0.2, 0) is 0 Å². The molecule has 0 bridgehead atoms. The molecule has 1 saturated carbocycles. The molecule has 2 unspecified atom stereocenters. The second-order valence-corrected chi connectivity index (χ2v) is 5.17. The first-order valence-corrected chi connectivity index (χ1v) is 6.04. The summed E-state index contributed by atoms with van der Waals surface area (Å²) in [5.74, 6) is 1.74. The van der Waals surface area contributed by atoms with Gasteiger partial charge in [-0.2, -0.15) is 0 Å². The van der Waals surface area contributed by atoms with Gasteiger partial charge in [0.25, 0.3) is 0 Å². The minimum atomic E-state index is 0.695. The molecule has 1 N–H and O–H groups in total. The highest BCUT2D eigenvalue weighted by Gasteiger charge is 2.23. The van der Waals surface area contributed by atoms with Crippen molar-refractivity contribution in [1.82, 2.24) is 5.32 Å². The minimum Gasteiger partial charge on any atom is -0.310 e. The Morgan fingerprint density at radius 2 is 1.86 bits per heavy atom. The van der Waals surface area contributed by atoms with Gasteiger partial charge in [0.2, 0.25) is 0 Å². The van der Waals surface area contributed by atoms with E-state index < -0.39 is 0 Å². The Bertz CT molecular complexity index is 190. The molecular formula is C12H22ClN. The second kappa shape index (κ2) is 5.77. The molecule has 0 saturated heterocycles. The molecule has 1 fully saturated rings. The van der Waals surface area contributed by atoms with Gasteiger partial charge < -0.3 is 5.32 Å². The van der Waals surface area contributed by atoms with Gasteiger partial charge in [-0.05, 0) is 43.6 Å². The van der Waals surface area contributed by atoms with Crippen LogP contribution in [-0.4, -0.2) is 12.6 Å². The van der Waals surface area contributed by atoms with Crippen molar-refractivity contribution < 1.29 is 0 Å². The Morgan fingerprint density at radius 3 is 2.36 bits per heavy atom.